The van der Waals surface area contributed by atoms with Crippen molar-refractivity contribution in [3.63, 3.8) is 0 Å². The molecule has 10 heteroatoms. The number of ether oxygens (including phenoxy) is 1. The van der Waals surface area contributed by atoms with Gasteiger partial charge < -0.3 is 15.0 Å². The summed E-state index contributed by atoms with van der Waals surface area (Å²) in [6.07, 6.45) is 4.31. The Hall–Kier alpha value is -3.53. The third-order valence-electron chi connectivity index (χ3n) is 6.09. The van der Waals surface area contributed by atoms with E-state index < -0.39 is 0 Å². The zero-order valence-electron chi connectivity index (χ0n) is 18.8. The van der Waals surface area contributed by atoms with Gasteiger partial charge in [0.15, 0.2) is 11.5 Å². The Morgan fingerprint density at radius 3 is 2.79 bits per heavy atom. The standard InChI is InChI=1S/C23H27N9O/c1-23(2)14-31(10-11-33-23)22-27-20-17(15-8-9-15)12-25-32(20)21(28-22)24-13-18-26-19(30-29-18)16-6-4-3-5-7-16/h3-7,12,15H,8-11,13-14H2,1-2H3,(H,24,27,28)(H,26,29,30). The Labute approximate surface area is 191 Å². The summed E-state index contributed by atoms with van der Waals surface area (Å²) in [6, 6.07) is 9.92. The Kier molecular flexibility index (Phi) is 4.75. The SMILES string of the molecule is CC1(C)CN(c2nc(NCc3nc(-c4ccccc4)n[nH]3)n3ncc(C4CC4)c3n2)CCO1. The van der Waals surface area contributed by atoms with Gasteiger partial charge in [0, 0.05) is 24.2 Å². The highest BCUT2D eigenvalue weighted by Crippen LogP contribution is 2.42. The fraction of sp³-hybridized carbons (Fsp3) is 0.435. The predicted octanol–water partition coefficient (Wildman–Crippen LogP) is 3.01. The third kappa shape index (κ3) is 4.02. The molecule has 1 aliphatic carbocycles. The summed E-state index contributed by atoms with van der Waals surface area (Å²) in [5.41, 5.74) is 2.80. The molecule has 33 heavy (non-hydrogen) atoms. The van der Waals surface area contributed by atoms with Gasteiger partial charge in [-0.15, -0.1) is 0 Å². The molecule has 0 amide bonds. The summed E-state index contributed by atoms with van der Waals surface area (Å²) in [5.74, 6) is 3.29. The second kappa shape index (κ2) is 7.80. The molecule has 0 spiro atoms. The molecule has 1 aliphatic heterocycles. The van der Waals surface area contributed by atoms with Crippen LogP contribution < -0.4 is 10.2 Å². The monoisotopic (exact) mass is 445 g/mol. The molecule has 4 aromatic rings. The van der Waals surface area contributed by atoms with E-state index >= 15 is 0 Å². The molecule has 2 fully saturated rings. The molecule has 1 saturated heterocycles. The first-order valence-electron chi connectivity index (χ1n) is 11.4. The summed E-state index contributed by atoms with van der Waals surface area (Å²) in [6.45, 7) is 6.78. The van der Waals surface area contributed by atoms with Crippen LogP contribution in [0.3, 0.4) is 0 Å². The van der Waals surface area contributed by atoms with Gasteiger partial charge in [-0.2, -0.15) is 24.7 Å². The van der Waals surface area contributed by atoms with E-state index in [1.54, 1.807) is 4.52 Å². The Morgan fingerprint density at radius 1 is 1.15 bits per heavy atom. The molecule has 6 rings (SSSR count). The van der Waals surface area contributed by atoms with Crippen molar-refractivity contribution in [2.75, 3.05) is 29.9 Å². The van der Waals surface area contributed by atoms with Crippen LogP contribution in [0, 0.1) is 0 Å². The molecule has 1 aromatic carbocycles. The molecule has 3 aromatic heterocycles. The van der Waals surface area contributed by atoms with Crippen LogP contribution in [0.5, 0.6) is 0 Å². The van der Waals surface area contributed by atoms with E-state index in [0.29, 0.717) is 36.8 Å². The van der Waals surface area contributed by atoms with Gasteiger partial charge in [-0.1, -0.05) is 30.3 Å². The van der Waals surface area contributed by atoms with Crippen LogP contribution in [-0.2, 0) is 11.3 Å². The number of anilines is 2. The van der Waals surface area contributed by atoms with Crippen molar-refractivity contribution >= 4 is 17.5 Å². The van der Waals surface area contributed by atoms with Crippen molar-refractivity contribution in [3.05, 3.63) is 47.9 Å². The van der Waals surface area contributed by atoms with E-state index in [2.05, 4.69) is 44.3 Å². The lowest BCUT2D eigenvalue weighted by Gasteiger charge is -2.38. The van der Waals surface area contributed by atoms with Gasteiger partial charge in [-0.3, -0.25) is 5.10 Å². The van der Waals surface area contributed by atoms with Crippen LogP contribution >= 0.6 is 0 Å². The smallest absolute Gasteiger partial charge is 0.230 e. The minimum Gasteiger partial charge on any atom is -0.372 e. The molecule has 0 unspecified atom stereocenters. The van der Waals surface area contributed by atoms with Crippen LogP contribution in [0.4, 0.5) is 11.9 Å². The third-order valence-corrected chi connectivity index (χ3v) is 6.09. The van der Waals surface area contributed by atoms with E-state index in [9.17, 15) is 0 Å². The lowest BCUT2D eigenvalue weighted by molar-refractivity contribution is -0.0281. The molecule has 0 bridgehead atoms. The molecular formula is C23H27N9O. The van der Waals surface area contributed by atoms with Crippen molar-refractivity contribution in [1.29, 1.82) is 0 Å². The number of hydrogen-bond acceptors (Lipinski definition) is 8. The normalized spacial score (nSPS) is 18.1. The Bertz CT molecular complexity index is 1280. The second-order valence-corrected chi connectivity index (χ2v) is 9.31. The average molecular weight is 446 g/mol. The van der Waals surface area contributed by atoms with E-state index in [1.807, 2.05) is 36.5 Å². The molecular weight excluding hydrogens is 418 g/mol. The quantitative estimate of drug-likeness (QED) is 0.466. The number of H-pyrrole nitrogens is 1. The molecule has 0 atom stereocenters. The van der Waals surface area contributed by atoms with Crippen LogP contribution in [0.2, 0.25) is 0 Å². The Morgan fingerprint density at radius 2 is 2.00 bits per heavy atom. The van der Waals surface area contributed by atoms with Crippen molar-refractivity contribution in [2.24, 2.45) is 0 Å². The van der Waals surface area contributed by atoms with Crippen molar-refractivity contribution in [1.82, 2.24) is 34.8 Å². The number of nitrogens with one attached hydrogen (secondary N) is 2. The maximum Gasteiger partial charge on any atom is 0.230 e. The zero-order chi connectivity index (χ0) is 22.4. The highest BCUT2D eigenvalue weighted by molar-refractivity contribution is 5.58. The number of benzene rings is 1. The fourth-order valence-electron chi connectivity index (χ4n) is 4.26. The topological polar surface area (TPSA) is 109 Å². The average Bonchev–Trinajstić information content (AvgIpc) is 3.39. The first-order chi connectivity index (χ1) is 16.1. The molecule has 1 saturated carbocycles. The van der Waals surface area contributed by atoms with Crippen LogP contribution in [0.15, 0.2) is 36.5 Å². The minimum absolute atomic E-state index is 0.241. The predicted molar refractivity (Wildman–Crippen MR) is 124 cm³/mol. The molecule has 2 aliphatic rings. The fourth-order valence-corrected chi connectivity index (χ4v) is 4.26. The lowest BCUT2D eigenvalue weighted by Crippen LogP contribution is -2.49. The van der Waals surface area contributed by atoms with E-state index in [-0.39, 0.29) is 5.60 Å². The van der Waals surface area contributed by atoms with Gasteiger partial charge in [0.2, 0.25) is 11.9 Å². The summed E-state index contributed by atoms with van der Waals surface area (Å²) >= 11 is 0. The maximum atomic E-state index is 5.89. The summed E-state index contributed by atoms with van der Waals surface area (Å²) in [5, 5.41) is 15.4. The number of morpholine rings is 1. The van der Waals surface area contributed by atoms with Gasteiger partial charge >= 0.3 is 0 Å². The highest BCUT2D eigenvalue weighted by Gasteiger charge is 2.32. The molecule has 10 nitrogen and oxygen atoms in total. The van der Waals surface area contributed by atoms with E-state index in [1.165, 1.54) is 18.4 Å². The van der Waals surface area contributed by atoms with Gasteiger partial charge in [-0.05, 0) is 32.6 Å². The summed E-state index contributed by atoms with van der Waals surface area (Å²) in [7, 11) is 0. The number of fused-ring (bicyclic) bond motifs is 1. The van der Waals surface area contributed by atoms with Crippen molar-refractivity contribution in [2.45, 2.75) is 44.8 Å². The molecule has 0 radical (unpaired) electrons. The van der Waals surface area contributed by atoms with Crippen LogP contribution in [0.1, 0.15) is 44.0 Å². The summed E-state index contributed by atoms with van der Waals surface area (Å²) < 4.78 is 7.69. The summed E-state index contributed by atoms with van der Waals surface area (Å²) in [4.78, 5) is 16.6. The largest absolute Gasteiger partial charge is 0.372 e. The number of aromatic amines is 1. The molecule has 2 N–H and O–H groups in total. The number of nitrogens with zero attached hydrogens (tertiary/aromatic N) is 7. The van der Waals surface area contributed by atoms with Gasteiger partial charge in [-0.25, -0.2) is 4.98 Å². The maximum absolute atomic E-state index is 5.89. The van der Waals surface area contributed by atoms with Gasteiger partial charge in [0.05, 0.1) is 24.9 Å². The highest BCUT2D eigenvalue weighted by atomic mass is 16.5. The minimum atomic E-state index is -0.241. The number of hydrogen-bond donors (Lipinski definition) is 2. The van der Waals surface area contributed by atoms with Crippen molar-refractivity contribution in [3.8, 4) is 11.4 Å². The van der Waals surface area contributed by atoms with E-state index in [4.69, 9.17) is 14.7 Å². The van der Waals surface area contributed by atoms with Crippen LogP contribution in [-0.4, -0.2) is 60.1 Å². The Balaban J connectivity index is 1.30. The first kappa shape index (κ1) is 20.1. The van der Waals surface area contributed by atoms with E-state index in [0.717, 1.165) is 30.1 Å². The lowest BCUT2D eigenvalue weighted by atomic mass is 10.1. The molecule has 4 heterocycles. The van der Waals surface area contributed by atoms with Crippen LogP contribution in [0.25, 0.3) is 17.0 Å². The first-order valence-corrected chi connectivity index (χ1v) is 11.4. The van der Waals surface area contributed by atoms with Crippen molar-refractivity contribution < 1.29 is 4.74 Å². The number of aromatic nitrogens is 7. The van der Waals surface area contributed by atoms with Gasteiger partial charge in [0.1, 0.15) is 5.82 Å². The zero-order valence-corrected chi connectivity index (χ0v) is 18.8. The van der Waals surface area contributed by atoms with Gasteiger partial charge in [0.25, 0.3) is 0 Å². The second-order valence-electron chi connectivity index (χ2n) is 9.31. The molecule has 170 valence electrons. The number of rotatable bonds is 6.